The summed E-state index contributed by atoms with van der Waals surface area (Å²) in [6.07, 6.45) is 2.72. The van der Waals surface area contributed by atoms with Crippen LogP contribution in [0.4, 0.5) is 0 Å². The summed E-state index contributed by atoms with van der Waals surface area (Å²) < 4.78 is 7.95. The number of nitrogens with zero attached hydrogens (tertiary/aromatic N) is 4. The second-order valence-electron chi connectivity index (χ2n) is 6.69. The Labute approximate surface area is 165 Å². The molecule has 0 fully saturated rings. The minimum Gasteiger partial charge on any atom is -0.489 e. The fourth-order valence-electron chi connectivity index (χ4n) is 2.87. The highest BCUT2D eigenvalue weighted by Gasteiger charge is 2.07. The van der Waals surface area contributed by atoms with Crippen LogP contribution in [-0.2, 0) is 6.42 Å². The average Bonchev–Trinajstić information content (AvgIpc) is 3.09. The molecule has 0 bridgehead atoms. The van der Waals surface area contributed by atoms with Crippen LogP contribution in [0, 0.1) is 6.92 Å². The number of ether oxygens (including phenoxy) is 1. The second-order valence-corrected chi connectivity index (χ2v) is 6.69. The van der Waals surface area contributed by atoms with E-state index < -0.39 is 0 Å². The van der Waals surface area contributed by atoms with Gasteiger partial charge < -0.3 is 15.4 Å². The van der Waals surface area contributed by atoms with E-state index in [1.54, 1.807) is 0 Å². The molecule has 1 aromatic carbocycles. The predicted octanol–water partition coefficient (Wildman–Crippen LogP) is 2.60. The maximum atomic E-state index is 5.95. The van der Waals surface area contributed by atoms with Gasteiger partial charge in [0.1, 0.15) is 17.7 Å². The first kappa shape index (κ1) is 19.7. The summed E-state index contributed by atoms with van der Waals surface area (Å²) in [5.41, 5.74) is 2.05. The number of rotatable bonds is 8. The third-order valence-electron chi connectivity index (χ3n) is 4.20. The van der Waals surface area contributed by atoms with Gasteiger partial charge in [-0.3, -0.25) is 4.40 Å². The van der Waals surface area contributed by atoms with Gasteiger partial charge in [0.2, 0.25) is 0 Å². The minimum atomic E-state index is -0.0160. The molecule has 3 aromatic rings. The van der Waals surface area contributed by atoms with E-state index in [9.17, 15) is 0 Å². The molecule has 2 heterocycles. The number of benzene rings is 1. The van der Waals surface area contributed by atoms with Crippen LogP contribution >= 0.6 is 0 Å². The van der Waals surface area contributed by atoms with Crippen LogP contribution in [0.2, 0.25) is 0 Å². The first-order valence-electron chi connectivity index (χ1n) is 9.70. The number of aromatic nitrogens is 3. The highest BCUT2D eigenvalue weighted by molar-refractivity contribution is 5.79. The Balaban J connectivity index is 1.52. The number of hydrogen-bond donors (Lipinski definition) is 2. The molecule has 0 saturated heterocycles. The van der Waals surface area contributed by atoms with E-state index >= 15 is 0 Å². The standard InChI is InChI=1S/C21H28N6O/c1-4-22-21(24-15-17(3)28-18-9-7-8-16(2)14-18)23-12-11-20-26-25-19-10-5-6-13-27(19)20/h5-10,13-14,17H,4,11-12,15H2,1-3H3,(H2,22,23,24). The van der Waals surface area contributed by atoms with Crippen LogP contribution in [0.15, 0.2) is 53.7 Å². The Kier molecular flexibility index (Phi) is 6.84. The van der Waals surface area contributed by atoms with Crippen molar-refractivity contribution in [1.82, 2.24) is 25.2 Å². The molecular formula is C21H28N6O. The van der Waals surface area contributed by atoms with Crippen molar-refractivity contribution in [2.24, 2.45) is 4.99 Å². The molecule has 0 amide bonds. The Morgan fingerprint density at radius 1 is 1.18 bits per heavy atom. The van der Waals surface area contributed by atoms with Gasteiger partial charge in [0.15, 0.2) is 11.6 Å². The van der Waals surface area contributed by atoms with Crippen molar-refractivity contribution in [2.75, 3.05) is 19.6 Å². The monoisotopic (exact) mass is 380 g/mol. The van der Waals surface area contributed by atoms with E-state index in [4.69, 9.17) is 4.74 Å². The van der Waals surface area contributed by atoms with Gasteiger partial charge in [0.05, 0.1) is 6.54 Å². The van der Waals surface area contributed by atoms with E-state index in [2.05, 4.69) is 45.7 Å². The molecule has 0 radical (unpaired) electrons. The lowest BCUT2D eigenvalue weighted by Crippen LogP contribution is -2.39. The number of nitrogens with one attached hydrogen (secondary N) is 2. The topological polar surface area (TPSA) is 75.8 Å². The molecule has 0 aliphatic rings. The molecule has 1 unspecified atom stereocenters. The van der Waals surface area contributed by atoms with E-state index in [0.717, 1.165) is 36.1 Å². The third kappa shape index (κ3) is 5.45. The van der Waals surface area contributed by atoms with Crippen molar-refractivity contribution >= 4 is 11.6 Å². The van der Waals surface area contributed by atoms with E-state index in [1.165, 1.54) is 5.56 Å². The lowest BCUT2D eigenvalue weighted by Gasteiger charge is -2.15. The van der Waals surface area contributed by atoms with Crippen LogP contribution in [0.1, 0.15) is 25.2 Å². The van der Waals surface area contributed by atoms with Crippen molar-refractivity contribution in [3.8, 4) is 5.75 Å². The van der Waals surface area contributed by atoms with E-state index in [0.29, 0.717) is 13.1 Å². The van der Waals surface area contributed by atoms with Crippen molar-refractivity contribution in [3.63, 3.8) is 0 Å². The van der Waals surface area contributed by atoms with Gasteiger partial charge in [-0.05, 0) is 50.6 Å². The molecule has 7 nitrogen and oxygen atoms in total. The molecule has 0 aliphatic carbocycles. The first-order valence-corrected chi connectivity index (χ1v) is 9.70. The number of fused-ring (bicyclic) bond motifs is 1. The molecule has 0 saturated carbocycles. The smallest absolute Gasteiger partial charge is 0.191 e. The number of pyridine rings is 1. The highest BCUT2D eigenvalue weighted by Crippen LogP contribution is 2.14. The molecule has 1 atom stereocenters. The largest absolute Gasteiger partial charge is 0.489 e. The van der Waals surface area contributed by atoms with E-state index in [-0.39, 0.29) is 6.10 Å². The quantitative estimate of drug-likeness (QED) is 0.464. The van der Waals surface area contributed by atoms with Gasteiger partial charge in [-0.25, -0.2) is 4.99 Å². The number of aryl methyl sites for hydroxylation is 1. The summed E-state index contributed by atoms with van der Waals surface area (Å²) in [5, 5.41) is 15.1. The van der Waals surface area contributed by atoms with Gasteiger partial charge >= 0.3 is 0 Å². The fraction of sp³-hybridized carbons (Fsp3) is 0.381. The molecule has 3 rings (SSSR count). The molecule has 2 aromatic heterocycles. The Morgan fingerprint density at radius 2 is 2.07 bits per heavy atom. The van der Waals surface area contributed by atoms with Crippen LogP contribution in [0.25, 0.3) is 5.65 Å². The molecular weight excluding hydrogens is 352 g/mol. The third-order valence-corrected chi connectivity index (χ3v) is 4.20. The Bertz CT molecular complexity index is 920. The molecule has 0 spiro atoms. The zero-order valence-electron chi connectivity index (χ0n) is 16.7. The predicted molar refractivity (Wildman–Crippen MR) is 112 cm³/mol. The molecule has 0 aliphatic heterocycles. The fourth-order valence-corrected chi connectivity index (χ4v) is 2.87. The lowest BCUT2D eigenvalue weighted by atomic mass is 10.2. The molecule has 2 N–H and O–H groups in total. The van der Waals surface area contributed by atoms with Crippen molar-refractivity contribution < 1.29 is 4.74 Å². The summed E-state index contributed by atoms with van der Waals surface area (Å²) in [6, 6.07) is 14.0. The maximum absolute atomic E-state index is 5.95. The summed E-state index contributed by atoms with van der Waals surface area (Å²) in [6.45, 7) is 8.22. The average molecular weight is 380 g/mol. The van der Waals surface area contributed by atoms with Gasteiger partial charge in [-0.15, -0.1) is 10.2 Å². The van der Waals surface area contributed by atoms with Crippen molar-refractivity contribution in [1.29, 1.82) is 0 Å². The Morgan fingerprint density at radius 3 is 2.89 bits per heavy atom. The lowest BCUT2D eigenvalue weighted by molar-refractivity contribution is 0.230. The zero-order valence-corrected chi connectivity index (χ0v) is 16.7. The van der Waals surface area contributed by atoms with Gasteiger partial charge in [0.25, 0.3) is 0 Å². The van der Waals surface area contributed by atoms with Gasteiger partial charge in [-0.1, -0.05) is 18.2 Å². The minimum absolute atomic E-state index is 0.0160. The number of guanidine groups is 1. The Hall–Kier alpha value is -3.09. The summed E-state index contributed by atoms with van der Waals surface area (Å²) in [5.74, 6) is 2.57. The first-order chi connectivity index (χ1) is 13.7. The maximum Gasteiger partial charge on any atom is 0.191 e. The normalized spacial score (nSPS) is 12.8. The number of hydrogen-bond acceptors (Lipinski definition) is 4. The van der Waals surface area contributed by atoms with E-state index in [1.807, 2.05) is 53.9 Å². The highest BCUT2D eigenvalue weighted by atomic mass is 16.5. The SMILES string of the molecule is CCNC(=NCC(C)Oc1cccc(C)c1)NCCc1nnc2ccccn12. The van der Waals surface area contributed by atoms with Crippen molar-refractivity contribution in [2.45, 2.75) is 33.3 Å². The molecule has 28 heavy (non-hydrogen) atoms. The summed E-state index contributed by atoms with van der Waals surface area (Å²) in [4.78, 5) is 4.64. The van der Waals surface area contributed by atoms with Crippen LogP contribution in [0.3, 0.4) is 0 Å². The van der Waals surface area contributed by atoms with Crippen LogP contribution in [-0.4, -0.2) is 46.3 Å². The number of aliphatic imine (C=N–C) groups is 1. The summed E-state index contributed by atoms with van der Waals surface area (Å²) in [7, 11) is 0. The summed E-state index contributed by atoms with van der Waals surface area (Å²) >= 11 is 0. The zero-order chi connectivity index (χ0) is 19.8. The van der Waals surface area contributed by atoms with Gasteiger partial charge in [-0.2, -0.15) is 0 Å². The van der Waals surface area contributed by atoms with Gasteiger partial charge in [0, 0.05) is 25.7 Å². The molecule has 148 valence electrons. The van der Waals surface area contributed by atoms with Crippen LogP contribution in [0.5, 0.6) is 5.75 Å². The van der Waals surface area contributed by atoms with Crippen LogP contribution < -0.4 is 15.4 Å². The van der Waals surface area contributed by atoms with Crippen molar-refractivity contribution in [3.05, 3.63) is 60.0 Å². The second kappa shape index (κ2) is 9.73. The molecule has 7 heteroatoms.